The third-order valence-corrected chi connectivity index (χ3v) is 5.32. The average molecular weight is 490 g/mol. The Kier molecular flexibility index (Phi) is 6.25. The topological polar surface area (TPSA) is 87.1 Å². The summed E-state index contributed by atoms with van der Waals surface area (Å²) in [6.07, 6.45) is 0.456. The van der Waals surface area contributed by atoms with Crippen molar-refractivity contribution in [2.75, 3.05) is 18.6 Å². The Morgan fingerprint density at radius 1 is 1.14 bits per heavy atom. The molecule has 0 saturated carbocycles. The van der Waals surface area contributed by atoms with Crippen LogP contribution in [0, 0.1) is 8.98 Å². The zero-order valence-corrected chi connectivity index (χ0v) is 17.8. The Labute approximate surface area is 177 Å². The van der Waals surface area contributed by atoms with Crippen molar-refractivity contribution in [1.29, 1.82) is 5.41 Å². The summed E-state index contributed by atoms with van der Waals surface area (Å²) < 4.78 is 6.26. The van der Waals surface area contributed by atoms with Crippen molar-refractivity contribution >= 4 is 51.4 Å². The number of Topliss-reactive ketones (excluding diaryl/α,β-unsaturated/α-hetero) is 1. The molecule has 3 N–H and O–H groups in total. The van der Waals surface area contributed by atoms with Gasteiger partial charge in [0.1, 0.15) is 17.1 Å². The summed E-state index contributed by atoms with van der Waals surface area (Å²) >= 11 is 2.22. The quantitative estimate of drug-likeness (QED) is 0.371. The van der Waals surface area contributed by atoms with Gasteiger partial charge in [-0.3, -0.25) is 20.3 Å². The first-order chi connectivity index (χ1) is 13.4. The number of rotatable bonds is 6. The van der Waals surface area contributed by atoms with Gasteiger partial charge in [0.2, 0.25) is 5.70 Å². The number of hydrogen-bond acceptors (Lipinski definition) is 4. The fourth-order valence-corrected chi connectivity index (χ4v) is 3.45. The van der Waals surface area contributed by atoms with Gasteiger partial charge in [0.15, 0.2) is 5.78 Å². The van der Waals surface area contributed by atoms with E-state index in [0.29, 0.717) is 24.2 Å². The van der Waals surface area contributed by atoms with E-state index in [1.54, 1.807) is 17.3 Å². The van der Waals surface area contributed by atoms with Gasteiger partial charge in [-0.1, -0.05) is 0 Å². The Balaban J connectivity index is 1.98. The number of carbonyl (C=O) groups is 2. The van der Waals surface area contributed by atoms with Gasteiger partial charge in [-0.15, -0.1) is 0 Å². The van der Waals surface area contributed by atoms with Gasteiger partial charge in [-0.25, -0.2) is 0 Å². The summed E-state index contributed by atoms with van der Waals surface area (Å²) in [6.45, 7) is 1.79. The van der Waals surface area contributed by atoms with Crippen molar-refractivity contribution < 1.29 is 19.6 Å². The van der Waals surface area contributed by atoms with Crippen LogP contribution in [0.15, 0.2) is 59.8 Å². The summed E-state index contributed by atoms with van der Waals surface area (Å²) in [5.41, 5.74) is 2.39. The molecule has 7 heteroatoms. The van der Waals surface area contributed by atoms with Gasteiger partial charge in [0.25, 0.3) is 0 Å². The number of benzene rings is 2. The summed E-state index contributed by atoms with van der Waals surface area (Å²) in [7, 11) is 1.59. The number of ether oxygens (including phenoxy) is 1. The number of amides is 1. The molecule has 0 aromatic heterocycles. The molecule has 0 bridgehead atoms. The lowest BCUT2D eigenvalue weighted by molar-refractivity contribution is -0.512. The van der Waals surface area contributed by atoms with Crippen LogP contribution < -0.4 is 15.0 Å². The molecule has 0 radical (unpaired) electrons. The van der Waals surface area contributed by atoms with Gasteiger partial charge in [-0.2, -0.15) is 0 Å². The summed E-state index contributed by atoms with van der Waals surface area (Å²) in [5.74, 6) is 0.175. The van der Waals surface area contributed by atoms with Gasteiger partial charge in [0.05, 0.1) is 7.11 Å². The van der Waals surface area contributed by atoms with E-state index in [2.05, 4.69) is 22.6 Å². The second-order valence-corrected chi connectivity index (χ2v) is 7.67. The van der Waals surface area contributed by atoms with E-state index in [-0.39, 0.29) is 17.4 Å². The molecule has 0 saturated heterocycles. The summed E-state index contributed by atoms with van der Waals surface area (Å²) in [4.78, 5) is 26.8. The highest BCUT2D eigenvalue weighted by atomic mass is 127. The number of halogens is 1. The fourth-order valence-electron chi connectivity index (χ4n) is 3.09. The minimum Gasteiger partial charge on any atom is -0.497 e. The second-order valence-electron chi connectivity index (χ2n) is 6.42. The van der Waals surface area contributed by atoms with E-state index < -0.39 is 0 Å². The molecule has 144 valence electrons. The van der Waals surface area contributed by atoms with Crippen LogP contribution in [0.4, 0.5) is 11.4 Å². The van der Waals surface area contributed by atoms with Gasteiger partial charge in [-0.05, 0) is 65.4 Å². The molecule has 1 aliphatic rings. The number of quaternary nitrogens is 1. The third kappa shape index (κ3) is 4.31. The van der Waals surface area contributed by atoms with Crippen molar-refractivity contribution in [3.05, 3.63) is 63.4 Å². The first-order valence-corrected chi connectivity index (χ1v) is 9.88. The molecule has 0 unspecified atom stereocenters. The standard InChI is InChI=1S/C21H20IN3O3/c1-13(26)19(23)18-11-12-25(16-7-3-14(22)4-8-16)21(27)20(18)24-15-5-9-17(28-2)10-6-15/h3-10,23-24H,11-12H2,1-2H3/p+1. The molecule has 2 aromatic rings. The van der Waals surface area contributed by atoms with E-state index in [1.165, 1.54) is 6.92 Å². The predicted octanol–water partition coefficient (Wildman–Crippen LogP) is 2.79. The van der Waals surface area contributed by atoms with Crippen LogP contribution in [-0.2, 0) is 9.59 Å². The van der Waals surface area contributed by atoms with Gasteiger partial charge in [0, 0.05) is 40.4 Å². The monoisotopic (exact) mass is 490 g/mol. The van der Waals surface area contributed by atoms with Crippen LogP contribution in [0.2, 0.25) is 0 Å². The molecule has 0 aliphatic carbocycles. The molecule has 0 spiro atoms. The lowest BCUT2D eigenvalue weighted by atomic mass is 9.96. The highest BCUT2D eigenvalue weighted by Gasteiger charge is 2.34. The number of carbonyl (C=O) groups excluding carboxylic acids is 2. The maximum atomic E-state index is 13.3. The first-order valence-electron chi connectivity index (χ1n) is 8.80. The van der Waals surface area contributed by atoms with E-state index in [1.807, 2.05) is 48.5 Å². The van der Waals surface area contributed by atoms with E-state index in [4.69, 9.17) is 10.1 Å². The average Bonchev–Trinajstić information content (AvgIpc) is 2.70. The number of nitrogens with two attached hydrogens (primary N) is 1. The van der Waals surface area contributed by atoms with E-state index in [9.17, 15) is 9.59 Å². The Morgan fingerprint density at radius 3 is 2.36 bits per heavy atom. The van der Waals surface area contributed by atoms with Crippen molar-refractivity contribution in [3.63, 3.8) is 0 Å². The summed E-state index contributed by atoms with van der Waals surface area (Å²) in [5, 5.41) is 9.91. The molecule has 0 atom stereocenters. The normalized spacial score (nSPS) is 14.2. The maximum Gasteiger partial charge on any atom is 0.313 e. The minimum absolute atomic E-state index is 0.102. The molecule has 3 rings (SSSR count). The molecule has 1 aliphatic heterocycles. The second kappa shape index (κ2) is 8.66. The highest BCUT2D eigenvalue weighted by molar-refractivity contribution is 14.1. The van der Waals surface area contributed by atoms with Crippen molar-refractivity contribution in [2.45, 2.75) is 13.3 Å². The number of methoxy groups -OCH3 is 1. The molecular weight excluding hydrogens is 469 g/mol. The Bertz CT molecular complexity index is 950. The lowest BCUT2D eigenvalue weighted by Crippen LogP contribution is -2.80. The molecular formula is C21H21IN3O3+. The zero-order valence-electron chi connectivity index (χ0n) is 15.7. The van der Waals surface area contributed by atoms with Crippen LogP contribution in [0.3, 0.4) is 0 Å². The number of nitrogens with one attached hydrogen (secondary N) is 1. The van der Waals surface area contributed by atoms with Crippen molar-refractivity contribution in [3.8, 4) is 5.75 Å². The first kappa shape index (κ1) is 20.2. The van der Waals surface area contributed by atoms with E-state index in [0.717, 1.165) is 20.7 Å². The number of ketones is 1. The zero-order chi connectivity index (χ0) is 20.3. The molecule has 6 nitrogen and oxygen atoms in total. The molecule has 0 fully saturated rings. The maximum absolute atomic E-state index is 13.3. The molecule has 2 aromatic carbocycles. The van der Waals surface area contributed by atoms with Crippen LogP contribution in [0.5, 0.6) is 5.75 Å². The number of nitrogens with zero attached hydrogens (tertiary/aromatic N) is 1. The lowest BCUT2D eigenvalue weighted by Gasteiger charge is -2.28. The van der Waals surface area contributed by atoms with Crippen molar-refractivity contribution in [1.82, 2.24) is 0 Å². The van der Waals surface area contributed by atoms with Gasteiger partial charge < -0.3 is 9.64 Å². The molecule has 28 heavy (non-hydrogen) atoms. The fraction of sp³-hybridized carbons (Fsp3) is 0.190. The van der Waals surface area contributed by atoms with Gasteiger partial charge >= 0.3 is 5.91 Å². The highest BCUT2D eigenvalue weighted by Crippen LogP contribution is 2.25. The van der Waals surface area contributed by atoms with Crippen LogP contribution in [0.1, 0.15) is 13.3 Å². The Hall–Kier alpha value is -2.52. The third-order valence-electron chi connectivity index (χ3n) is 4.61. The minimum atomic E-state index is -0.342. The largest absolute Gasteiger partial charge is 0.497 e. The molecule has 1 heterocycles. The van der Waals surface area contributed by atoms with E-state index >= 15 is 0 Å². The number of anilines is 1. The van der Waals surface area contributed by atoms with Crippen LogP contribution >= 0.6 is 22.6 Å². The Morgan fingerprint density at radius 2 is 1.79 bits per heavy atom. The predicted molar refractivity (Wildman–Crippen MR) is 116 cm³/mol. The number of hydrogen-bond donors (Lipinski definition) is 2. The smallest absolute Gasteiger partial charge is 0.313 e. The van der Waals surface area contributed by atoms with Crippen LogP contribution in [-0.4, -0.2) is 31.1 Å². The summed E-state index contributed by atoms with van der Waals surface area (Å²) in [6, 6.07) is 15.0. The SMILES string of the molecule is COc1ccc([NH2+]C2=C(C(=N)C(C)=O)CCN(c3ccc(I)cc3)C2=O)cc1. The van der Waals surface area contributed by atoms with Crippen LogP contribution in [0.25, 0.3) is 0 Å². The van der Waals surface area contributed by atoms with Crippen molar-refractivity contribution in [2.24, 2.45) is 0 Å². The molecule has 1 amide bonds.